The summed E-state index contributed by atoms with van der Waals surface area (Å²) >= 11 is 0. The molecule has 2 heterocycles. The molecule has 9 heteroatoms. The highest BCUT2D eigenvalue weighted by Crippen LogP contribution is 2.51. The molecule has 0 radical (unpaired) electrons. The third kappa shape index (κ3) is 2.63. The number of alkyl halides is 3. The van der Waals surface area contributed by atoms with Gasteiger partial charge in [-0.2, -0.15) is 13.2 Å². The van der Waals surface area contributed by atoms with Crippen LogP contribution in [0.5, 0.6) is 0 Å². The van der Waals surface area contributed by atoms with Crippen molar-refractivity contribution in [2.45, 2.75) is 31.6 Å². The van der Waals surface area contributed by atoms with Crippen LogP contribution < -0.4 is 5.32 Å². The van der Waals surface area contributed by atoms with E-state index in [1.807, 2.05) is 0 Å². The molecule has 0 aromatic heterocycles. The second-order valence-corrected chi connectivity index (χ2v) is 7.31. The van der Waals surface area contributed by atoms with Gasteiger partial charge in [-0.15, -0.1) is 0 Å². The van der Waals surface area contributed by atoms with E-state index in [0.717, 1.165) is 17.0 Å². The van der Waals surface area contributed by atoms with Gasteiger partial charge in [-0.05, 0) is 23.6 Å². The molecule has 6 nitrogen and oxygen atoms in total. The van der Waals surface area contributed by atoms with Crippen LogP contribution in [0.2, 0.25) is 0 Å². The van der Waals surface area contributed by atoms with Gasteiger partial charge in [0.15, 0.2) is 0 Å². The van der Waals surface area contributed by atoms with Gasteiger partial charge >= 0.3 is 12.1 Å². The van der Waals surface area contributed by atoms with Crippen LogP contribution in [-0.4, -0.2) is 40.4 Å². The molecule has 2 amide bonds. The summed E-state index contributed by atoms with van der Waals surface area (Å²) in [5, 5.41) is 12.7. The van der Waals surface area contributed by atoms with E-state index in [1.165, 1.54) is 19.2 Å². The lowest BCUT2D eigenvalue weighted by atomic mass is 9.73. The molecule has 0 aliphatic carbocycles. The maximum atomic E-state index is 13.1. The lowest BCUT2D eigenvalue weighted by Crippen LogP contribution is -2.59. The van der Waals surface area contributed by atoms with Crippen molar-refractivity contribution in [2.24, 2.45) is 17.8 Å². The Morgan fingerprint density at radius 2 is 1.89 bits per heavy atom. The molecule has 0 bridgehead atoms. The van der Waals surface area contributed by atoms with Crippen LogP contribution in [0.1, 0.15) is 31.0 Å². The Morgan fingerprint density at radius 3 is 2.41 bits per heavy atom. The van der Waals surface area contributed by atoms with Crippen molar-refractivity contribution in [3.63, 3.8) is 0 Å². The second kappa shape index (κ2) is 6.05. The van der Waals surface area contributed by atoms with Gasteiger partial charge in [-0.1, -0.05) is 26.0 Å². The summed E-state index contributed by atoms with van der Waals surface area (Å²) in [6.07, 6.45) is -4.58. The highest BCUT2D eigenvalue weighted by molar-refractivity contribution is 6.09. The largest absolute Gasteiger partial charge is 0.480 e. The van der Waals surface area contributed by atoms with Crippen LogP contribution >= 0.6 is 0 Å². The molecular weight excluding hydrogens is 365 g/mol. The van der Waals surface area contributed by atoms with Crippen LogP contribution in [0.15, 0.2) is 24.3 Å². The van der Waals surface area contributed by atoms with Crippen LogP contribution in [-0.2, 0) is 20.6 Å². The van der Waals surface area contributed by atoms with E-state index in [0.29, 0.717) is 0 Å². The first kappa shape index (κ1) is 19.3. The standard InChI is InChI=1S/C18H19F3N2O4/c1-8(2)17(16(26)27)12-11(14(24)23(3)15(12)25)13(22-17)9-5-4-6-10(7-9)18(19,20)21/h4-8,11-13,22H,1-3H3,(H,26,27). The zero-order valence-corrected chi connectivity index (χ0v) is 14.9. The summed E-state index contributed by atoms with van der Waals surface area (Å²) in [5.41, 5.74) is -2.53. The molecule has 0 saturated carbocycles. The molecule has 0 spiro atoms. The fourth-order valence-electron chi connectivity index (χ4n) is 4.25. The number of fused-ring (bicyclic) bond motifs is 1. The van der Waals surface area contributed by atoms with Crippen molar-refractivity contribution in [2.75, 3.05) is 7.05 Å². The van der Waals surface area contributed by atoms with Gasteiger partial charge in [0.25, 0.3) is 0 Å². The van der Waals surface area contributed by atoms with Crippen LogP contribution in [0, 0.1) is 17.8 Å². The normalized spacial score (nSPS) is 30.9. The Labute approximate surface area is 153 Å². The molecule has 146 valence electrons. The van der Waals surface area contributed by atoms with E-state index in [2.05, 4.69) is 5.32 Å². The van der Waals surface area contributed by atoms with E-state index in [1.54, 1.807) is 13.8 Å². The number of halogens is 3. The van der Waals surface area contributed by atoms with Crippen molar-refractivity contribution in [1.82, 2.24) is 10.2 Å². The predicted octanol–water partition coefficient (Wildman–Crippen LogP) is 2.06. The lowest BCUT2D eigenvalue weighted by molar-refractivity contribution is -0.153. The molecule has 3 rings (SSSR count). The van der Waals surface area contributed by atoms with Gasteiger partial charge in [0, 0.05) is 13.1 Å². The number of benzene rings is 1. The van der Waals surface area contributed by atoms with Crippen molar-refractivity contribution >= 4 is 17.8 Å². The van der Waals surface area contributed by atoms with Gasteiger partial charge in [0.2, 0.25) is 11.8 Å². The fourth-order valence-corrected chi connectivity index (χ4v) is 4.25. The molecule has 1 aromatic rings. The summed E-state index contributed by atoms with van der Waals surface area (Å²) < 4.78 is 39.3. The Kier molecular flexibility index (Phi) is 4.33. The molecule has 2 fully saturated rings. The first-order valence-electron chi connectivity index (χ1n) is 8.42. The number of rotatable bonds is 3. The monoisotopic (exact) mass is 384 g/mol. The number of carboxylic acid groups (broad SMARTS) is 1. The van der Waals surface area contributed by atoms with Gasteiger partial charge in [-0.3, -0.25) is 24.6 Å². The highest BCUT2D eigenvalue weighted by Gasteiger charge is 2.68. The van der Waals surface area contributed by atoms with Crippen molar-refractivity contribution in [3.05, 3.63) is 35.4 Å². The SMILES string of the molecule is CC(C)C1(C(=O)O)NC(c2cccc(C(F)(F)F)c2)C2C(=O)N(C)C(=O)C21. The highest BCUT2D eigenvalue weighted by atomic mass is 19.4. The number of hydrogen-bond acceptors (Lipinski definition) is 4. The second-order valence-electron chi connectivity index (χ2n) is 7.31. The number of hydrogen-bond donors (Lipinski definition) is 2. The Hall–Kier alpha value is -2.42. The minimum absolute atomic E-state index is 0.125. The first-order chi connectivity index (χ1) is 12.4. The topological polar surface area (TPSA) is 86.7 Å². The summed E-state index contributed by atoms with van der Waals surface area (Å²) in [6.45, 7) is 3.20. The third-order valence-corrected chi connectivity index (χ3v) is 5.65. The number of carboxylic acids is 1. The fraction of sp³-hybridized carbons (Fsp3) is 0.500. The van der Waals surface area contributed by atoms with Crippen LogP contribution in [0.3, 0.4) is 0 Å². The number of nitrogens with one attached hydrogen (secondary N) is 1. The Balaban J connectivity index is 2.17. The minimum atomic E-state index is -4.58. The molecule has 1 aromatic carbocycles. The number of likely N-dealkylation sites (tertiary alicyclic amines) is 1. The quantitative estimate of drug-likeness (QED) is 0.779. The number of carbonyl (C=O) groups is 3. The van der Waals surface area contributed by atoms with Crippen molar-refractivity contribution < 1.29 is 32.7 Å². The molecule has 4 atom stereocenters. The minimum Gasteiger partial charge on any atom is -0.480 e. The van der Waals surface area contributed by atoms with Gasteiger partial charge in [0.05, 0.1) is 17.4 Å². The number of amides is 2. The number of aliphatic carboxylic acids is 1. The van der Waals surface area contributed by atoms with Gasteiger partial charge in [-0.25, -0.2) is 0 Å². The first-order valence-corrected chi connectivity index (χ1v) is 8.42. The third-order valence-electron chi connectivity index (χ3n) is 5.65. The zero-order valence-electron chi connectivity index (χ0n) is 14.9. The summed E-state index contributed by atoms with van der Waals surface area (Å²) in [4.78, 5) is 38.3. The number of imide groups is 1. The van der Waals surface area contributed by atoms with E-state index >= 15 is 0 Å². The predicted molar refractivity (Wildman–Crippen MR) is 87.3 cm³/mol. The molecule has 27 heavy (non-hydrogen) atoms. The smallest absolute Gasteiger partial charge is 0.416 e. The zero-order chi connectivity index (χ0) is 20.3. The summed E-state index contributed by atoms with van der Waals surface area (Å²) in [7, 11) is 1.26. The molecule has 2 aliphatic heterocycles. The van der Waals surface area contributed by atoms with Crippen LogP contribution in [0.25, 0.3) is 0 Å². The summed E-state index contributed by atoms with van der Waals surface area (Å²) in [6, 6.07) is 3.38. The van der Waals surface area contributed by atoms with Crippen LogP contribution in [0.4, 0.5) is 13.2 Å². The molecule has 2 saturated heterocycles. The van der Waals surface area contributed by atoms with E-state index in [4.69, 9.17) is 0 Å². The van der Waals surface area contributed by atoms with Gasteiger partial charge < -0.3 is 5.11 Å². The Morgan fingerprint density at radius 1 is 1.26 bits per heavy atom. The number of nitrogens with zero attached hydrogens (tertiary/aromatic N) is 1. The Bertz CT molecular complexity index is 823. The molecule has 2 N–H and O–H groups in total. The van der Waals surface area contributed by atoms with E-state index < -0.39 is 58.9 Å². The molecular formula is C18H19F3N2O4. The molecule has 4 unspecified atom stereocenters. The van der Waals surface area contributed by atoms with Gasteiger partial charge in [0.1, 0.15) is 5.54 Å². The number of carbonyl (C=O) groups excluding carboxylic acids is 2. The van der Waals surface area contributed by atoms with E-state index in [9.17, 15) is 32.7 Å². The maximum absolute atomic E-state index is 13.1. The van der Waals surface area contributed by atoms with Crippen molar-refractivity contribution in [3.8, 4) is 0 Å². The van der Waals surface area contributed by atoms with Crippen molar-refractivity contribution in [1.29, 1.82) is 0 Å². The van der Waals surface area contributed by atoms with E-state index in [-0.39, 0.29) is 5.56 Å². The molecule has 2 aliphatic rings. The average Bonchev–Trinajstić information content (AvgIpc) is 3.05. The lowest BCUT2D eigenvalue weighted by Gasteiger charge is -2.34. The summed E-state index contributed by atoms with van der Waals surface area (Å²) in [5.74, 6) is -5.39. The maximum Gasteiger partial charge on any atom is 0.416 e. The average molecular weight is 384 g/mol.